The van der Waals surface area contributed by atoms with Crippen LogP contribution in [0.4, 0.5) is 0 Å². The number of aliphatic hydroxyl groups is 1. The molecule has 2 heterocycles. The van der Waals surface area contributed by atoms with Crippen LogP contribution in [-0.4, -0.2) is 56.6 Å². The molecule has 2 saturated heterocycles. The van der Waals surface area contributed by atoms with Gasteiger partial charge in [-0.05, 0) is 17.7 Å². The average Bonchev–Trinajstić information content (AvgIpc) is 2.78. The van der Waals surface area contributed by atoms with Crippen molar-refractivity contribution in [3.05, 3.63) is 65.7 Å². The minimum Gasteiger partial charge on any atom is -0.497 e. The number of methoxy groups -OCH3 is 2. The molecule has 0 amide bonds. The normalized spacial score (nSPS) is 31.8. The lowest BCUT2D eigenvalue weighted by atomic mass is 9.97. The first kappa shape index (κ1) is 20.3. The van der Waals surface area contributed by atoms with Crippen LogP contribution in [-0.2, 0) is 30.3 Å². The standard InChI is InChI=1S/C22H26O7/c1-24-16-10-8-14(9-11-16)12-26-20-18(23)22(25-2)28-17-13-27-21(29-19(17)20)15-6-4-3-5-7-15/h3-11,17-23H,12-13H2,1-2H3/t17-,18-,19-,20-,21?,22+/m1/s1. The highest BCUT2D eigenvalue weighted by atomic mass is 16.8. The van der Waals surface area contributed by atoms with Crippen molar-refractivity contribution in [2.45, 2.75) is 43.6 Å². The molecule has 2 fully saturated rings. The highest BCUT2D eigenvalue weighted by molar-refractivity contribution is 5.26. The Balaban J connectivity index is 1.49. The SMILES string of the molecule is COc1ccc(CO[C@@H]2[C@@H](O)[C@@H](OC)O[C@@H]3COC(c4ccccc4)O[C@@H]23)cc1. The van der Waals surface area contributed by atoms with Crippen molar-refractivity contribution >= 4 is 0 Å². The van der Waals surface area contributed by atoms with Gasteiger partial charge in [-0.3, -0.25) is 0 Å². The number of benzene rings is 2. The van der Waals surface area contributed by atoms with Gasteiger partial charge in [-0.1, -0.05) is 42.5 Å². The molecule has 2 aliphatic heterocycles. The smallest absolute Gasteiger partial charge is 0.186 e. The molecule has 0 spiro atoms. The monoisotopic (exact) mass is 402 g/mol. The molecule has 29 heavy (non-hydrogen) atoms. The summed E-state index contributed by atoms with van der Waals surface area (Å²) in [6.07, 6.45) is -3.86. The molecule has 7 nitrogen and oxygen atoms in total. The molecule has 0 bridgehead atoms. The maximum Gasteiger partial charge on any atom is 0.186 e. The summed E-state index contributed by atoms with van der Waals surface area (Å²) in [6, 6.07) is 17.3. The van der Waals surface area contributed by atoms with Crippen molar-refractivity contribution in [3.8, 4) is 5.75 Å². The molecule has 0 aliphatic carbocycles. The second kappa shape index (κ2) is 9.21. The van der Waals surface area contributed by atoms with Gasteiger partial charge in [0.05, 0.1) is 20.3 Å². The summed E-state index contributed by atoms with van der Waals surface area (Å²) in [5.41, 5.74) is 1.87. The van der Waals surface area contributed by atoms with Crippen molar-refractivity contribution in [2.24, 2.45) is 0 Å². The van der Waals surface area contributed by atoms with Crippen LogP contribution in [0.5, 0.6) is 5.75 Å². The van der Waals surface area contributed by atoms with Crippen molar-refractivity contribution in [1.82, 2.24) is 0 Å². The Morgan fingerprint density at radius 2 is 1.76 bits per heavy atom. The van der Waals surface area contributed by atoms with E-state index in [4.69, 9.17) is 28.4 Å². The number of rotatable bonds is 6. The maximum atomic E-state index is 10.8. The van der Waals surface area contributed by atoms with E-state index < -0.39 is 37.0 Å². The van der Waals surface area contributed by atoms with Gasteiger partial charge >= 0.3 is 0 Å². The van der Waals surface area contributed by atoms with Crippen molar-refractivity contribution in [1.29, 1.82) is 0 Å². The molecule has 2 aliphatic rings. The Morgan fingerprint density at radius 1 is 1.00 bits per heavy atom. The third kappa shape index (κ3) is 4.45. The Kier molecular flexibility index (Phi) is 6.44. The van der Waals surface area contributed by atoms with Crippen molar-refractivity contribution < 1.29 is 33.5 Å². The zero-order valence-corrected chi connectivity index (χ0v) is 16.5. The van der Waals surface area contributed by atoms with E-state index in [9.17, 15) is 5.11 Å². The molecule has 0 radical (unpaired) electrons. The summed E-state index contributed by atoms with van der Waals surface area (Å²) in [4.78, 5) is 0. The molecule has 2 aromatic carbocycles. The second-order valence-corrected chi connectivity index (χ2v) is 7.07. The quantitative estimate of drug-likeness (QED) is 0.795. The molecule has 1 unspecified atom stereocenters. The van der Waals surface area contributed by atoms with Crippen LogP contribution in [0, 0.1) is 0 Å². The van der Waals surface area contributed by atoms with Gasteiger partial charge in [-0.15, -0.1) is 0 Å². The van der Waals surface area contributed by atoms with Gasteiger partial charge < -0.3 is 33.5 Å². The number of hydrogen-bond donors (Lipinski definition) is 1. The van der Waals surface area contributed by atoms with Crippen LogP contribution in [0.3, 0.4) is 0 Å². The largest absolute Gasteiger partial charge is 0.497 e. The van der Waals surface area contributed by atoms with E-state index >= 15 is 0 Å². The van der Waals surface area contributed by atoms with Gasteiger partial charge in [0, 0.05) is 12.7 Å². The van der Waals surface area contributed by atoms with Crippen LogP contribution in [0.2, 0.25) is 0 Å². The third-order valence-electron chi connectivity index (χ3n) is 5.21. The average molecular weight is 402 g/mol. The second-order valence-electron chi connectivity index (χ2n) is 7.07. The lowest BCUT2D eigenvalue weighted by Crippen LogP contribution is -2.62. The Bertz CT molecular complexity index is 766. The summed E-state index contributed by atoms with van der Waals surface area (Å²) >= 11 is 0. The van der Waals surface area contributed by atoms with Crippen LogP contribution < -0.4 is 4.74 Å². The maximum absolute atomic E-state index is 10.8. The third-order valence-corrected chi connectivity index (χ3v) is 5.21. The molecule has 2 aromatic rings. The molecular formula is C22H26O7. The molecule has 156 valence electrons. The van der Waals surface area contributed by atoms with Gasteiger partial charge in [-0.2, -0.15) is 0 Å². The lowest BCUT2D eigenvalue weighted by Gasteiger charge is -2.47. The predicted molar refractivity (Wildman–Crippen MR) is 103 cm³/mol. The Morgan fingerprint density at radius 3 is 2.45 bits per heavy atom. The van der Waals surface area contributed by atoms with E-state index in [2.05, 4.69) is 0 Å². The molecule has 0 saturated carbocycles. The number of aliphatic hydroxyl groups excluding tert-OH is 1. The number of hydrogen-bond acceptors (Lipinski definition) is 7. The first-order chi connectivity index (χ1) is 14.2. The Labute approximate surface area is 170 Å². The first-order valence-electron chi connectivity index (χ1n) is 9.62. The fraction of sp³-hybridized carbons (Fsp3) is 0.455. The highest BCUT2D eigenvalue weighted by Crippen LogP contribution is 2.35. The molecule has 6 atom stereocenters. The van der Waals surface area contributed by atoms with Gasteiger partial charge in [0.1, 0.15) is 30.2 Å². The van der Waals surface area contributed by atoms with E-state index in [1.54, 1.807) is 7.11 Å². The van der Waals surface area contributed by atoms with Crippen LogP contribution >= 0.6 is 0 Å². The molecule has 4 rings (SSSR count). The lowest BCUT2D eigenvalue weighted by molar-refractivity contribution is -0.363. The number of fused-ring (bicyclic) bond motifs is 1. The van der Waals surface area contributed by atoms with Crippen LogP contribution in [0.25, 0.3) is 0 Å². The van der Waals surface area contributed by atoms with E-state index in [1.165, 1.54) is 7.11 Å². The van der Waals surface area contributed by atoms with Gasteiger partial charge in [0.15, 0.2) is 12.6 Å². The molecule has 0 aromatic heterocycles. The fourth-order valence-corrected chi connectivity index (χ4v) is 3.64. The minimum atomic E-state index is -0.992. The van der Waals surface area contributed by atoms with Crippen molar-refractivity contribution in [2.75, 3.05) is 20.8 Å². The Hall–Kier alpha value is -2.00. The summed E-state index contributed by atoms with van der Waals surface area (Å²) < 4.78 is 34.4. The van der Waals surface area contributed by atoms with Gasteiger partial charge in [0.25, 0.3) is 0 Å². The zero-order chi connectivity index (χ0) is 20.2. The van der Waals surface area contributed by atoms with E-state index in [-0.39, 0.29) is 0 Å². The van der Waals surface area contributed by atoms with Crippen molar-refractivity contribution in [3.63, 3.8) is 0 Å². The molecule has 7 heteroatoms. The fourth-order valence-electron chi connectivity index (χ4n) is 3.64. The summed E-state index contributed by atoms with van der Waals surface area (Å²) in [5.74, 6) is 0.776. The molecular weight excluding hydrogens is 376 g/mol. The van der Waals surface area contributed by atoms with Gasteiger partial charge in [0.2, 0.25) is 0 Å². The van der Waals surface area contributed by atoms with Crippen LogP contribution in [0.1, 0.15) is 17.4 Å². The molecule has 1 N–H and O–H groups in total. The summed E-state index contributed by atoms with van der Waals surface area (Å²) in [5, 5.41) is 10.8. The summed E-state index contributed by atoms with van der Waals surface area (Å²) in [7, 11) is 3.12. The number of ether oxygens (including phenoxy) is 6. The van der Waals surface area contributed by atoms with E-state index in [0.29, 0.717) is 13.2 Å². The summed E-state index contributed by atoms with van der Waals surface area (Å²) in [6.45, 7) is 0.630. The van der Waals surface area contributed by atoms with Gasteiger partial charge in [-0.25, -0.2) is 0 Å². The zero-order valence-electron chi connectivity index (χ0n) is 16.5. The minimum absolute atomic E-state index is 0.311. The topological polar surface area (TPSA) is 75.6 Å². The highest BCUT2D eigenvalue weighted by Gasteiger charge is 2.50. The predicted octanol–water partition coefficient (Wildman–Crippen LogP) is 2.43. The van der Waals surface area contributed by atoms with Crippen LogP contribution in [0.15, 0.2) is 54.6 Å². The van der Waals surface area contributed by atoms with E-state index in [1.807, 2.05) is 54.6 Å². The van der Waals surface area contributed by atoms with E-state index in [0.717, 1.165) is 16.9 Å². The first-order valence-corrected chi connectivity index (χ1v) is 9.62.